The molecule has 10 heteroatoms. The van der Waals surface area contributed by atoms with Crippen molar-refractivity contribution in [3.63, 3.8) is 0 Å². The van der Waals surface area contributed by atoms with Gasteiger partial charge in [0.2, 0.25) is 0 Å². The van der Waals surface area contributed by atoms with Gasteiger partial charge in [0.1, 0.15) is 5.82 Å². The second-order valence-corrected chi connectivity index (χ2v) is 8.54. The zero-order valence-electron chi connectivity index (χ0n) is 18.8. The Morgan fingerprint density at radius 1 is 1.09 bits per heavy atom. The van der Waals surface area contributed by atoms with Gasteiger partial charge in [-0.25, -0.2) is 4.68 Å². The Morgan fingerprint density at radius 3 is 2.57 bits per heavy atom. The van der Waals surface area contributed by atoms with E-state index in [9.17, 15) is 18.0 Å². The zero-order valence-corrected chi connectivity index (χ0v) is 18.8. The van der Waals surface area contributed by atoms with Crippen LogP contribution in [0.25, 0.3) is 0 Å². The third-order valence-corrected chi connectivity index (χ3v) is 6.10. The third kappa shape index (κ3) is 4.77. The quantitative estimate of drug-likeness (QED) is 0.404. The van der Waals surface area contributed by atoms with E-state index >= 15 is 0 Å². The lowest BCUT2D eigenvalue weighted by Crippen LogP contribution is -2.35. The summed E-state index contributed by atoms with van der Waals surface area (Å²) < 4.78 is 44.2. The van der Waals surface area contributed by atoms with E-state index < -0.39 is 24.2 Å². The normalized spacial score (nSPS) is 17.5. The Bertz CT molecular complexity index is 1340. The van der Waals surface area contributed by atoms with E-state index in [0.717, 1.165) is 21.4 Å². The molecule has 0 bridgehead atoms. The Balaban J connectivity index is 1.35. The summed E-state index contributed by atoms with van der Waals surface area (Å²) in [5, 5.41) is 14.1. The maximum atomic E-state index is 13.9. The fourth-order valence-electron chi connectivity index (χ4n) is 4.25. The maximum absolute atomic E-state index is 13.9. The average Bonchev–Trinajstić information content (AvgIpc) is 3.46. The second kappa shape index (κ2) is 8.94. The molecule has 0 aliphatic carbocycles. The molecule has 7 nitrogen and oxygen atoms in total. The number of amides is 1. The predicted octanol–water partition coefficient (Wildman–Crippen LogP) is 5.35. The number of alkyl halides is 3. The van der Waals surface area contributed by atoms with Crippen LogP contribution in [0, 0.1) is 6.92 Å². The van der Waals surface area contributed by atoms with Crippen molar-refractivity contribution >= 4 is 17.5 Å². The largest absolute Gasteiger partial charge is 0.410 e. The fraction of sp³-hybridized carbons (Fsp3) is 0.240. The second-order valence-electron chi connectivity index (χ2n) is 8.54. The molecular formula is C25H23F3N6O. The highest BCUT2D eigenvalue weighted by Gasteiger charge is 2.46. The van der Waals surface area contributed by atoms with Crippen molar-refractivity contribution in [1.82, 2.24) is 19.6 Å². The first-order valence-electron chi connectivity index (χ1n) is 11.1. The van der Waals surface area contributed by atoms with Crippen molar-refractivity contribution in [3.05, 3.63) is 95.3 Å². The van der Waals surface area contributed by atoms with Crippen LogP contribution in [0.3, 0.4) is 0 Å². The Labute approximate surface area is 199 Å². The Morgan fingerprint density at radius 2 is 1.83 bits per heavy atom. The minimum Gasteiger partial charge on any atom is -0.363 e. The number of aromatic nitrogens is 4. The van der Waals surface area contributed by atoms with Crippen LogP contribution in [0.15, 0.2) is 72.9 Å². The van der Waals surface area contributed by atoms with Gasteiger partial charge >= 0.3 is 6.18 Å². The molecule has 4 aromatic rings. The molecule has 2 N–H and O–H groups in total. The van der Waals surface area contributed by atoms with E-state index in [1.54, 1.807) is 41.2 Å². The molecule has 2 atom stereocenters. The first kappa shape index (κ1) is 22.7. The molecule has 0 unspecified atom stereocenters. The van der Waals surface area contributed by atoms with Gasteiger partial charge in [-0.05, 0) is 23.6 Å². The summed E-state index contributed by atoms with van der Waals surface area (Å²) in [6.45, 7) is 2.53. The number of fused-ring (bicyclic) bond motifs is 1. The SMILES string of the molecule is Cc1ccccc1Cn1ccc(NC(=O)c2cc3n(n2)[C@@H](C(F)(F)F)C[C@H](c2ccccc2)N3)n1. The van der Waals surface area contributed by atoms with Gasteiger partial charge in [-0.2, -0.15) is 23.4 Å². The highest BCUT2D eigenvalue weighted by atomic mass is 19.4. The van der Waals surface area contributed by atoms with Crippen LogP contribution in [-0.4, -0.2) is 31.6 Å². The average molecular weight is 480 g/mol. The van der Waals surface area contributed by atoms with Gasteiger partial charge < -0.3 is 10.6 Å². The summed E-state index contributed by atoms with van der Waals surface area (Å²) in [4.78, 5) is 12.8. The first-order valence-corrected chi connectivity index (χ1v) is 11.1. The lowest BCUT2D eigenvalue weighted by Gasteiger charge is -2.33. The maximum Gasteiger partial charge on any atom is 0.410 e. The number of nitrogens with one attached hydrogen (secondary N) is 2. The Hall–Kier alpha value is -4.08. The minimum atomic E-state index is -4.52. The number of anilines is 2. The Kier molecular flexibility index (Phi) is 5.80. The molecular weight excluding hydrogens is 457 g/mol. The van der Waals surface area contributed by atoms with Gasteiger partial charge in [-0.3, -0.25) is 9.48 Å². The van der Waals surface area contributed by atoms with Crippen LogP contribution in [0.1, 0.15) is 45.7 Å². The van der Waals surface area contributed by atoms with Crippen LogP contribution in [0.2, 0.25) is 0 Å². The van der Waals surface area contributed by atoms with E-state index in [-0.39, 0.29) is 23.8 Å². The van der Waals surface area contributed by atoms with E-state index in [2.05, 4.69) is 20.8 Å². The zero-order chi connectivity index (χ0) is 24.6. The predicted molar refractivity (Wildman–Crippen MR) is 125 cm³/mol. The van der Waals surface area contributed by atoms with Crippen LogP contribution < -0.4 is 10.6 Å². The highest BCUT2D eigenvalue weighted by molar-refractivity contribution is 6.02. The minimum absolute atomic E-state index is 0.121. The number of nitrogens with zero attached hydrogens (tertiary/aromatic N) is 4. The van der Waals surface area contributed by atoms with Crippen LogP contribution in [-0.2, 0) is 6.54 Å². The van der Waals surface area contributed by atoms with Gasteiger partial charge in [0.15, 0.2) is 17.6 Å². The smallest absolute Gasteiger partial charge is 0.363 e. The van der Waals surface area contributed by atoms with Crippen molar-refractivity contribution in [3.8, 4) is 0 Å². The molecule has 180 valence electrons. The standard InChI is InChI=1S/C25H23F3N6O/c1-16-7-5-6-10-18(16)15-33-12-11-22(32-33)30-24(35)20-14-23-29-19(17-8-3-2-4-9-17)13-21(25(26,27)28)34(23)31-20/h2-12,14,19,21,29H,13,15H2,1H3,(H,30,32,35)/t19-,21-/m1/s1. The van der Waals surface area contributed by atoms with Crippen molar-refractivity contribution in [2.75, 3.05) is 10.6 Å². The van der Waals surface area contributed by atoms with E-state index in [1.807, 2.05) is 37.3 Å². The molecule has 0 fully saturated rings. The van der Waals surface area contributed by atoms with E-state index in [1.165, 1.54) is 6.07 Å². The van der Waals surface area contributed by atoms with Gasteiger partial charge in [0.05, 0.1) is 12.6 Å². The highest BCUT2D eigenvalue weighted by Crippen LogP contribution is 2.43. The monoisotopic (exact) mass is 480 g/mol. The summed E-state index contributed by atoms with van der Waals surface area (Å²) in [6, 6.07) is 17.4. The van der Waals surface area contributed by atoms with Crippen molar-refractivity contribution < 1.29 is 18.0 Å². The fourth-order valence-corrected chi connectivity index (χ4v) is 4.25. The van der Waals surface area contributed by atoms with Gasteiger partial charge in [0.25, 0.3) is 5.91 Å². The number of benzene rings is 2. The molecule has 35 heavy (non-hydrogen) atoms. The van der Waals surface area contributed by atoms with Crippen molar-refractivity contribution in [2.24, 2.45) is 0 Å². The number of aryl methyl sites for hydroxylation is 1. The van der Waals surface area contributed by atoms with E-state index in [4.69, 9.17) is 0 Å². The van der Waals surface area contributed by atoms with Crippen molar-refractivity contribution in [1.29, 1.82) is 0 Å². The molecule has 1 aliphatic heterocycles. The summed E-state index contributed by atoms with van der Waals surface area (Å²) in [6.07, 6.45) is -3.02. The summed E-state index contributed by atoms with van der Waals surface area (Å²) in [7, 11) is 0. The van der Waals surface area contributed by atoms with Crippen LogP contribution >= 0.6 is 0 Å². The molecule has 0 saturated carbocycles. The van der Waals surface area contributed by atoms with E-state index in [0.29, 0.717) is 6.54 Å². The number of carbonyl (C=O) groups excluding carboxylic acids is 1. The summed E-state index contributed by atoms with van der Waals surface area (Å²) in [5.74, 6) is -0.202. The lowest BCUT2D eigenvalue weighted by atomic mass is 9.97. The summed E-state index contributed by atoms with van der Waals surface area (Å²) in [5.41, 5.74) is 2.83. The topological polar surface area (TPSA) is 76.8 Å². The van der Waals surface area contributed by atoms with Crippen LogP contribution in [0.5, 0.6) is 0 Å². The number of halogens is 3. The van der Waals surface area contributed by atoms with Gasteiger partial charge in [0, 0.05) is 24.8 Å². The molecule has 1 aliphatic rings. The molecule has 2 aromatic heterocycles. The summed E-state index contributed by atoms with van der Waals surface area (Å²) >= 11 is 0. The number of rotatable bonds is 5. The van der Waals surface area contributed by atoms with Gasteiger partial charge in [-0.15, -0.1) is 0 Å². The molecule has 2 aromatic carbocycles. The molecule has 3 heterocycles. The van der Waals surface area contributed by atoms with Crippen molar-refractivity contribution in [2.45, 2.75) is 38.1 Å². The molecule has 0 saturated heterocycles. The van der Waals surface area contributed by atoms with Gasteiger partial charge in [-0.1, -0.05) is 54.6 Å². The first-order chi connectivity index (χ1) is 16.8. The molecule has 0 spiro atoms. The molecule has 5 rings (SSSR count). The number of hydrogen-bond acceptors (Lipinski definition) is 4. The van der Waals surface area contributed by atoms with Crippen LogP contribution in [0.4, 0.5) is 24.8 Å². The molecule has 0 radical (unpaired) electrons. The number of carbonyl (C=O) groups is 1. The number of hydrogen-bond donors (Lipinski definition) is 2. The molecule has 1 amide bonds. The third-order valence-electron chi connectivity index (χ3n) is 6.10. The lowest BCUT2D eigenvalue weighted by molar-refractivity contribution is -0.173.